The van der Waals surface area contributed by atoms with Gasteiger partial charge in [-0.1, -0.05) is 0 Å². The second kappa shape index (κ2) is 22.3. The highest BCUT2D eigenvalue weighted by molar-refractivity contribution is 7.63. The summed E-state index contributed by atoms with van der Waals surface area (Å²) in [5.74, 6) is 0. The van der Waals surface area contributed by atoms with Crippen molar-refractivity contribution in [2.24, 2.45) is 0 Å². The van der Waals surface area contributed by atoms with E-state index in [4.69, 9.17) is 0 Å². The van der Waals surface area contributed by atoms with Crippen LogP contribution >= 0.6 is 23.8 Å². The molecule has 0 nitrogen and oxygen atoms in total. The van der Waals surface area contributed by atoms with Gasteiger partial charge in [0.25, 0.3) is 0 Å². The minimum atomic E-state index is -6.00. The third kappa shape index (κ3) is 47.0. The normalized spacial score (nSPS) is 14.3. The molecule has 0 bridgehead atoms. The Bertz CT molecular complexity index is 739. The van der Waals surface area contributed by atoms with E-state index in [-0.39, 0.29) is 0 Å². The lowest BCUT2D eigenvalue weighted by Crippen LogP contribution is -2.34. The number of halogens is 12. The Balaban J connectivity index is -0.000000135. The lowest BCUT2D eigenvalue weighted by Gasteiger charge is -2.42. The van der Waals surface area contributed by atoms with Gasteiger partial charge in [0.1, 0.15) is 0 Å². The van der Waals surface area contributed by atoms with Crippen molar-refractivity contribution in [2.75, 3.05) is 0 Å². The van der Waals surface area contributed by atoms with E-state index in [1.165, 1.54) is 0 Å². The molecule has 54 heavy (non-hydrogen) atoms. The maximum absolute atomic E-state index is 9.75. The van der Waals surface area contributed by atoms with Crippen molar-refractivity contribution < 1.29 is 51.8 Å². The van der Waals surface area contributed by atoms with Crippen molar-refractivity contribution in [1.29, 1.82) is 0 Å². The standard InChI is InChI=1S/3C12H27P.3BF4/c3*1-10(2,3)13(11(4,5)6)12(7,8)9;3*2-1(3,4)5/h3*1-9H3;;;/q;;;3*-1/p+3. The molecule has 0 atom stereocenters. The lowest BCUT2D eigenvalue weighted by atomic mass is 10.2. The monoisotopic (exact) mass is 871 g/mol. The zero-order valence-corrected chi connectivity index (χ0v) is 42.3. The van der Waals surface area contributed by atoms with Gasteiger partial charge in [-0.3, -0.25) is 0 Å². The molecule has 0 heterocycles. The Hall–Kier alpha value is 0.645. The first-order valence-corrected chi connectivity index (χ1v) is 22.9. The van der Waals surface area contributed by atoms with Gasteiger partial charge in [0.05, 0.1) is 46.4 Å². The molecular weight excluding hydrogens is 786 g/mol. The van der Waals surface area contributed by atoms with E-state index >= 15 is 0 Å². The van der Waals surface area contributed by atoms with Crippen LogP contribution in [0, 0.1) is 0 Å². The van der Waals surface area contributed by atoms with Crippen LogP contribution in [0.1, 0.15) is 187 Å². The van der Waals surface area contributed by atoms with E-state index in [9.17, 15) is 51.8 Å². The largest absolute Gasteiger partial charge is 0.673 e. The zero-order valence-electron chi connectivity index (χ0n) is 39.3. The first-order valence-electron chi connectivity index (χ1n) is 18.4. The second-order valence-electron chi connectivity index (χ2n) is 22.9. The van der Waals surface area contributed by atoms with E-state index in [0.717, 1.165) is 0 Å². The molecule has 0 saturated carbocycles. The number of hydrogen-bond acceptors (Lipinski definition) is 0. The Morgan fingerprint density at radius 2 is 0.222 bits per heavy atom. The van der Waals surface area contributed by atoms with Gasteiger partial charge in [0.2, 0.25) is 0 Å². The molecule has 0 aliphatic rings. The smallest absolute Gasteiger partial charge is 0.418 e. The molecule has 0 rings (SSSR count). The second-order valence-corrected chi connectivity index (χ2v) is 38.6. The van der Waals surface area contributed by atoms with Crippen molar-refractivity contribution >= 4 is 45.5 Å². The summed E-state index contributed by atoms with van der Waals surface area (Å²) in [6.07, 6.45) is 0. The van der Waals surface area contributed by atoms with Gasteiger partial charge in [-0.2, -0.15) is 0 Å². The molecule has 0 aromatic heterocycles. The van der Waals surface area contributed by atoms with Crippen LogP contribution in [-0.4, -0.2) is 68.2 Å². The molecule has 0 aliphatic carbocycles. The first kappa shape index (κ1) is 66.5. The van der Waals surface area contributed by atoms with Gasteiger partial charge in [0, 0.05) is 23.8 Å². The van der Waals surface area contributed by atoms with Gasteiger partial charge in [-0.05, 0) is 187 Å². The van der Waals surface area contributed by atoms with Crippen LogP contribution in [0.4, 0.5) is 51.8 Å². The molecule has 0 N–H and O–H groups in total. The summed E-state index contributed by atoms with van der Waals surface area (Å²) < 4.78 is 117. The molecule has 0 spiro atoms. The molecule has 0 fully saturated rings. The van der Waals surface area contributed by atoms with E-state index < -0.39 is 45.5 Å². The molecular formula is C36H84B3F12P3. The van der Waals surface area contributed by atoms with E-state index in [1.807, 2.05) is 0 Å². The quantitative estimate of drug-likeness (QED) is 0.129. The molecule has 0 saturated heterocycles. The summed E-state index contributed by atoms with van der Waals surface area (Å²) in [5, 5.41) is 4.39. The van der Waals surface area contributed by atoms with Gasteiger partial charge in [0.15, 0.2) is 0 Å². The van der Waals surface area contributed by atoms with Crippen LogP contribution < -0.4 is 0 Å². The van der Waals surface area contributed by atoms with Crippen molar-refractivity contribution in [3.05, 3.63) is 0 Å². The van der Waals surface area contributed by atoms with Crippen LogP contribution in [0.5, 0.6) is 0 Å². The van der Waals surface area contributed by atoms with Crippen molar-refractivity contribution in [2.45, 2.75) is 233 Å². The van der Waals surface area contributed by atoms with E-state index in [0.29, 0.717) is 46.4 Å². The van der Waals surface area contributed by atoms with Gasteiger partial charge in [-0.25, -0.2) is 0 Å². The minimum absolute atomic E-state index is 0.391. The van der Waals surface area contributed by atoms with Crippen LogP contribution in [-0.2, 0) is 0 Å². The van der Waals surface area contributed by atoms with Crippen molar-refractivity contribution in [3.8, 4) is 0 Å². The number of hydrogen-bond donors (Lipinski definition) is 0. The average Bonchev–Trinajstić information content (AvgIpc) is 2.51. The highest BCUT2D eigenvalue weighted by Crippen LogP contribution is 2.68. The summed E-state index contributed by atoms with van der Waals surface area (Å²) in [4.78, 5) is 0. The summed E-state index contributed by atoms with van der Waals surface area (Å²) in [6.45, 7) is 64.8. The Morgan fingerprint density at radius 3 is 0.222 bits per heavy atom. The average molecular weight is 870 g/mol. The zero-order chi connectivity index (χ0) is 46.7. The fraction of sp³-hybridized carbons (Fsp3) is 1.00. The van der Waals surface area contributed by atoms with Crippen LogP contribution in [0.15, 0.2) is 0 Å². The van der Waals surface area contributed by atoms with Gasteiger partial charge >= 0.3 is 21.8 Å². The summed E-state index contributed by atoms with van der Waals surface area (Å²) in [5.41, 5.74) is 0. The topological polar surface area (TPSA) is 0 Å². The SMILES string of the molecule is CC(C)(C)[PH+](C(C)(C)C)C(C)(C)C.CC(C)(C)[PH+](C(C)(C)C)C(C)(C)C.CC(C)(C)[PH+](C(C)(C)C)C(C)(C)C.F[B-](F)(F)F.F[B-](F)(F)F.F[B-](F)(F)F. The summed E-state index contributed by atoms with van der Waals surface area (Å²) >= 11 is 0. The summed E-state index contributed by atoms with van der Waals surface area (Å²) in [6, 6.07) is 0. The lowest BCUT2D eigenvalue weighted by molar-refractivity contribution is 0.366. The maximum atomic E-state index is 9.75. The highest BCUT2D eigenvalue weighted by atomic mass is 31.1. The van der Waals surface area contributed by atoms with Crippen LogP contribution in [0.3, 0.4) is 0 Å². The molecule has 18 heteroatoms. The van der Waals surface area contributed by atoms with E-state index in [2.05, 4.69) is 187 Å². The molecule has 0 unspecified atom stereocenters. The fourth-order valence-electron chi connectivity index (χ4n) is 10.1. The summed E-state index contributed by atoms with van der Waals surface area (Å²) in [7, 11) is -19.2. The van der Waals surface area contributed by atoms with Crippen molar-refractivity contribution in [1.82, 2.24) is 0 Å². The molecule has 0 aromatic carbocycles. The minimum Gasteiger partial charge on any atom is -0.418 e. The Labute approximate surface area is 330 Å². The Morgan fingerprint density at radius 1 is 0.185 bits per heavy atom. The molecule has 0 amide bonds. The maximum Gasteiger partial charge on any atom is 0.673 e. The molecule has 0 radical (unpaired) electrons. The highest BCUT2D eigenvalue weighted by Gasteiger charge is 2.51. The van der Waals surface area contributed by atoms with E-state index in [1.54, 1.807) is 0 Å². The van der Waals surface area contributed by atoms with Crippen LogP contribution in [0.2, 0.25) is 0 Å². The first-order chi connectivity index (χ1) is 22.1. The predicted octanol–water partition coefficient (Wildman–Crippen LogP) is 17.7. The molecule has 0 aromatic rings. The number of rotatable bonds is 0. The third-order valence-electron chi connectivity index (χ3n) is 6.75. The predicted molar refractivity (Wildman–Crippen MR) is 233 cm³/mol. The Kier molecular flexibility index (Phi) is 27.4. The molecule has 336 valence electrons. The molecule has 0 aliphatic heterocycles. The van der Waals surface area contributed by atoms with Gasteiger partial charge in [-0.15, -0.1) is 0 Å². The fourth-order valence-corrected chi connectivity index (χ4v) is 30.4. The van der Waals surface area contributed by atoms with Crippen LogP contribution in [0.25, 0.3) is 0 Å². The van der Waals surface area contributed by atoms with Crippen molar-refractivity contribution in [3.63, 3.8) is 0 Å². The van der Waals surface area contributed by atoms with Gasteiger partial charge < -0.3 is 51.8 Å². The third-order valence-corrected chi connectivity index (χ3v) is 20.2.